The minimum absolute atomic E-state index is 0.191. The summed E-state index contributed by atoms with van der Waals surface area (Å²) >= 11 is 0. The number of para-hydroxylation sites is 3. The lowest BCUT2D eigenvalue weighted by atomic mass is 10.2. The summed E-state index contributed by atoms with van der Waals surface area (Å²) in [4.78, 5) is 15.4. The molecule has 100 valence electrons. The van der Waals surface area contributed by atoms with Crippen molar-refractivity contribution < 1.29 is 14.6 Å². The standard InChI is InChI=1S/C15H12N2O3/c1-20-13-8-3-2-6-11(13)17-9-16-14-10(15(18)19)5-4-7-12(14)17/h2-9H,1H3,(H,18,19). The third kappa shape index (κ3) is 1.80. The molecule has 1 heterocycles. The van der Waals surface area contributed by atoms with Gasteiger partial charge in [-0.2, -0.15) is 0 Å². The van der Waals surface area contributed by atoms with Crippen LogP contribution in [0.15, 0.2) is 48.8 Å². The van der Waals surface area contributed by atoms with E-state index in [1.165, 1.54) is 0 Å². The Hall–Kier alpha value is -2.82. The van der Waals surface area contributed by atoms with Crippen LogP contribution < -0.4 is 4.74 Å². The predicted molar refractivity (Wildman–Crippen MR) is 74.6 cm³/mol. The highest BCUT2D eigenvalue weighted by Crippen LogP contribution is 2.27. The fourth-order valence-electron chi connectivity index (χ4n) is 2.23. The van der Waals surface area contributed by atoms with E-state index in [0.29, 0.717) is 11.3 Å². The Morgan fingerprint density at radius 2 is 2.00 bits per heavy atom. The largest absolute Gasteiger partial charge is 0.495 e. The van der Waals surface area contributed by atoms with E-state index in [4.69, 9.17) is 4.74 Å². The average Bonchev–Trinajstić information content (AvgIpc) is 2.90. The SMILES string of the molecule is COc1ccccc1-n1cnc2c(C(=O)O)cccc21. The zero-order valence-electron chi connectivity index (χ0n) is 10.8. The smallest absolute Gasteiger partial charge is 0.337 e. The van der Waals surface area contributed by atoms with E-state index in [2.05, 4.69) is 4.98 Å². The Morgan fingerprint density at radius 1 is 1.20 bits per heavy atom. The Kier molecular flexibility index (Phi) is 2.87. The van der Waals surface area contributed by atoms with Crippen molar-refractivity contribution in [3.05, 3.63) is 54.4 Å². The van der Waals surface area contributed by atoms with Crippen molar-refractivity contribution in [2.24, 2.45) is 0 Å². The molecule has 0 radical (unpaired) electrons. The van der Waals surface area contributed by atoms with E-state index in [1.54, 1.807) is 25.6 Å². The number of carbonyl (C=O) groups is 1. The van der Waals surface area contributed by atoms with Gasteiger partial charge in [-0.15, -0.1) is 0 Å². The first-order chi connectivity index (χ1) is 9.72. The third-order valence-corrected chi connectivity index (χ3v) is 3.15. The lowest BCUT2D eigenvalue weighted by Crippen LogP contribution is -1.99. The first-order valence-corrected chi connectivity index (χ1v) is 6.05. The number of benzene rings is 2. The number of hydrogen-bond acceptors (Lipinski definition) is 3. The molecule has 0 atom stereocenters. The molecule has 0 unspecified atom stereocenters. The molecule has 20 heavy (non-hydrogen) atoms. The Morgan fingerprint density at radius 3 is 2.75 bits per heavy atom. The number of aromatic nitrogens is 2. The summed E-state index contributed by atoms with van der Waals surface area (Å²) in [6.45, 7) is 0. The molecule has 2 aromatic carbocycles. The fraction of sp³-hybridized carbons (Fsp3) is 0.0667. The molecule has 0 saturated carbocycles. The number of carboxylic acid groups (broad SMARTS) is 1. The van der Waals surface area contributed by atoms with Gasteiger partial charge in [-0.25, -0.2) is 9.78 Å². The second kappa shape index (κ2) is 4.70. The van der Waals surface area contributed by atoms with Gasteiger partial charge in [0.05, 0.1) is 23.9 Å². The monoisotopic (exact) mass is 268 g/mol. The number of rotatable bonds is 3. The van der Waals surface area contributed by atoms with Gasteiger partial charge in [0.15, 0.2) is 0 Å². The molecule has 3 aromatic rings. The first-order valence-electron chi connectivity index (χ1n) is 6.05. The predicted octanol–water partition coefficient (Wildman–Crippen LogP) is 2.73. The van der Waals surface area contributed by atoms with Gasteiger partial charge in [-0.1, -0.05) is 18.2 Å². The van der Waals surface area contributed by atoms with Crippen molar-refractivity contribution in [3.63, 3.8) is 0 Å². The summed E-state index contributed by atoms with van der Waals surface area (Å²) in [6.07, 6.45) is 1.61. The normalized spacial score (nSPS) is 10.7. The zero-order chi connectivity index (χ0) is 14.1. The summed E-state index contributed by atoms with van der Waals surface area (Å²) in [6, 6.07) is 12.6. The second-order valence-corrected chi connectivity index (χ2v) is 4.26. The Labute approximate surface area is 115 Å². The number of hydrogen-bond donors (Lipinski definition) is 1. The Bertz CT molecular complexity index is 793. The highest BCUT2D eigenvalue weighted by Gasteiger charge is 2.14. The van der Waals surface area contributed by atoms with Gasteiger partial charge in [-0.3, -0.25) is 4.57 Å². The maximum atomic E-state index is 11.2. The highest BCUT2D eigenvalue weighted by atomic mass is 16.5. The van der Waals surface area contributed by atoms with E-state index in [1.807, 2.05) is 34.9 Å². The second-order valence-electron chi connectivity index (χ2n) is 4.26. The van der Waals surface area contributed by atoms with Crippen molar-refractivity contribution >= 4 is 17.0 Å². The summed E-state index contributed by atoms with van der Waals surface area (Å²) in [5.41, 5.74) is 2.21. The van der Waals surface area contributed by atoms with Crippen LogP contribution in [0.25, 0.3) is 16.7 Å². The van der Waals surface area contributed by atoms with Crippen LogP contribution in [-0.4, -0.2) is 27.7 Å². The van der Waals surface area contributed by atoms with Crippen molar-refractivity contribution in [1.82, 2.24) is 9.55 Å². The number of nitrogens with zero attached hydrogens (tertiary/aromatic N) is 2. The van der Waals surface area contributed by atoms with Gasteiger partial charge in [0, 0.05) is 0 Å². The topological polar surface area (TPSA) is 64.4 Å². The first kappa shape index (κ1) is 12.2. The summed E-state index contributed by atoms with van der Waals surface area (Å²) in [5.74, 6) is -0.284. The summed E-state index contributed by atoms with van der Waals surface area (Å²) < 4.78 is 7.15. The number of imidazole rings is 1. The van der Waals surface area contributed by atoms with E-state index in [0.717, 1.165) is 11.2 Å². The molecule has 0 spiro atoms. The Balaban J connectivity index is 2.28. The highest BCUT2D eigenvalue weighted by molar-refractivity contribution is 6.01. The fourth-order valence-corrected chi connectivity index (χ4v) is 2.23. The summed E-state index contributed by atoms with van der Waals surface area (Å²) in [5, 5.41) is 9.19. The molecule has 0 aliphatic rings. The molecule has 0 fully saturated rings. The molecule has 0 bridgehead atoms. The van der Waals surface area contributed by atoms with Crippen LogP contribution in [0.4, 0.5) is 0 Å². The number of aromatic carboxylic acids is 1. The van der Waals surface area contributed by atoms with Gasteiger partial charge in [-0.05, 0) is 24.3 Å². The maximum absolute atomic E-state index is 11.2. The van der Waals surface area contributed by atoms with Crippen LogP contribution in [-0.2, 0) is 0 Å². The van der Waals surface area contributed by atoms with Crippen LogP contribution in [0.5, 0.6) is 5.75 Å². The van der Waals surface area contributed by atoms with Crippen molar-refractivity contribution in [2.45, 2.75) is 0 Å². The molecule has 1 N–H and O–H groups in total. The van der Waals surface area contributed by atoms with Crippen LogP contribution >= 0.6 is 0 Å². The maximum Gasteiger partial charge on any atom is 0.337 e. The quantitative estimate of drug-likeness (QED) is 0.793. The van der Waals surface area contributed by atoms with Crippen molar-refractivity contribution in [3.8, 4) is 11.4 Å². The lowest BCUT2D eigenvalue weighted by molar-refractivity contribution is 0.0699. The van der Waals surface area contributed by atoms with E-state index in [9.17, 15) is 9.90 Å². The molecule has 0 aliphatic heterocycles. The zero-order valence-corrected chi connectivity index (χ0v) is 10.8. The van der Waals surface area contributed by atoms with Crippen LogP contribution in [0, 0.1) is 0 Å². The van der Waals surface area contributed by atoms with Crippen molar-refractivity contribution in [1.29, 1.82) is 0 Å². The van der Waals surface area contributed by atoms with Gasteiger partial charge >= 0.3 is 5.97 Å². The molecule has 0 amide bonds. The summed E-state index contributed by atoms with van der Waals surface area (Å²) in [7, 11) is 1.60. The lowest BCUT2D eigenvalue weighted by Gasteiger charge is -2.09. The van der Waals surface area contributed by atoms with Gasteiger partial charge < -0.3 is 9.84 Å². The third-order valence-electron chi connectivity index (χ3n) is 3.15. The van der Waals surface area contributed by atoms with Gasteiger partial charge in [0.1, 0.15) is 17.6 Å². The van der Waals surface area contributed by atoms with E-state index in [-0.39, 0.29) is 5.56 Å². The molecule has 0 saturated heterocycles. The van der Waals surface area contributed by atoms with Crippen LogP contribution in [0.2, 0.25) is 0 Å². The molecule has 3 rings (SSSR count). The van der Waals surface area contributed by atoms with Crippen LogP contribution in [0.3, 0.4) is 0 Å². The van der Waals surface area contributed by atoms with Crippen LogP contribution in [0.1, 0.15) is 10.4 Å². The molecule has 0 aliphatic carbocycles. The van der Waals surface area contributed by atoms with E-state index < -0.39 is 5.97 Å². The van der Waals surface area contributed by atoms with Gasteiger partial charge in [0.25, 0.3) is 0 Å². The molecule has 5 heteroatoms. The molecule has 5 nitrogen and oxygen atoms in total. The minimum Gasteiger partial charge on any atom is -0.495 e. The molecule has 1 aromatic heterocycles. The number of methoxy groups -OCH3 is 1. The van der Waals surface area contributed by atoms with E-state index >= 15 is 0 Å². The van der Waals surface area contributed by atoms with Gasteiger partial charge in [0.2, 0.25) is 0 Å². The number of ether oxygens (including phenoxy) is 1. The molecular formula is C15H12N2O3. The minimum atomic E-state index is -0.985. The number of carboxylic acids is 1. The van der Waals surface area contributed by atoms with Crippen molar-refractivity contribution in [2.75, 3.05) is 7.11 Å². The average molecular weight is 268 g/mol. The molecular weight excluding hydrogens is 256 g/mol. The number of fused-ring (bicyclic) bond motifs is 1.